The Morgan fingerprint density at radius 2 is 2.11 bits per heavy atom. The van der Waals surface area contributed by atoms with E-state index in [0.29, 0.717) is 5.69 Å². The monoisotopic (exact) mass is 274 g/mol. The highest BCUT2D eigenvalue weighted by Gasteiger charge is 2.32. The van der Waals surface area contributed by atoms with E-state index in [1.165, 1.54) is 12.3 Å². The quantitative estimate of drug-likeness (QED) is 0.916. The van der Waals surface area contributed by atoms with Crippen LogP contribution >= 0.6 is 0 Å². The molecule has 1 heterocycles. The Balaban J connectivity index is 1.96. The number of hydrogen-bond acceptors (Lipinski definition) is 3. The normalized spacial score (nSPS) is 24.2. The van der Waals surface area contributed by atoms with Crippen molar-refractivity contribution in [2.75, 3.05) is 12.4 Å². The zero-order chi connectivity index (χ0) is 13.9. The van der Waals surface area contributed by atoms with Gasteiger partial charge in [0.05, 0.1) is 18.0 Å². The number of ether oxygens (including phenoxy) is 1. The number of nitrogens with one attached hydrogen (secondary N) is 1. The Hall–Kier alpha value is -1.30. The van der Waals surface area contributed by atoms with Gasteiger partial charge in [-0.3, -0.25) is 0 Å². The molecule has 0 radical (unpaired) electrons. The molecular weight excluding hydrogens is 257 g/mol. The number of hydrogen-bond donors (Lipinski definition) is 1. The van der Waals surface area contributed by atoms with E-state index < -0.39 is 11.9 Å². The first-order valence-corrected chi connectivity index (χ1v) is 6.31. The van der Waals surface area contributed by atoms with Crippen molar-refractivity contribution in [2.45, 2.75) is 44.0 Å². The highest BCUT2D eigenvalue weighted by molar-refractivity contribution is 5.42. The first-order valence-electron chi connectivity index (χ1n) is 6.31. The number of methoxy groups -OCH3 is 1. The van der Waals surface area contributed by atoms with Gasteiger partial charge in [0.2, 0.25) is 0 Å². The Bertz CT molecular complexity index is 405. The minimum Gasteiger partial charge on any atom is -0.381 e. The average molecular weight is 274 g/mol. The van der Waals surface area contributed by atoms with E-state index in [4.69, 9.17) is 4.74 Å². The summed E-state index contributed by atoms with van der Waals surface area (Å²) in [5.41, 5.74) is -0.244. The average Bonchev–Trinajstić information content (AvgIpc) is 2.38. The molecule has 106 valence electrons. The summed E-state index contributed by atoms with van der Waals surface area (Å²) in [6.45, 7) is 0. The molecule has 19 heavy (non-hydrogen) atoms. The van der Waals surface area contributed by atoms with Crippen LogP contribution in [0, 0.1) is 0 Å². The van der Waals surface area contributed by atoms with Crippen LogP contribution in [0.3, 0.4) is 0 Å². The van der Waals surface area contributed by atoms with Gasteiger partial charge in [-0.15, -0.1) is 0 Å². The molecule has 0 aliphatic heterocycles. The summed E-state index contributed by atoms with van der Waals surface area (Å²) >= 11 is 0. The number of alkyl halides is 3. The van der Waals surface area contributed by atoms with Gasteiger partial charge in [-0.1, -0.05) is 0 Å². The van der Waals surface area contributed by atoms with Gasteiger partial charge in [-0.05, 0) is 37.8 Å². The molecule has 3 nitrogen and oxygen atoms in total. The van der Waals surface area contributed by atoms with Gasteiger partial charge in [0, 0.05) is 13.2 Å². The number of nitrogens with zero attached hydrogens (tertiary/aromatic N) is 1. The predicted molar refractivity (Wildman–Crippen MR) is 65.9 cm³/mol. The van der Waals surface area contributed by atoms with Crippen LogP contribution in [0.1, 0.15) is 31.4 Å². The molecule has 2 atom stereocenters. The highest BCUT2D eigenvalue weighted by Crippen LogP contribution is 2.28. The molecule has 0 amide bonds. The van der Waals surface area contributed by atoms with Crippen LogP contribution in [0.2, 0.25) is 0 Å². The van der Waals surface area contributed by atoms with Crippen molar-refractivity contribution >= 4 is 5.69 Å². The third kappa shape index (κ3) is 3.83. The van der Waals surface area contributed by atoms with Crippen molar-refractivity contribution in [2.24, 2.45) is 0 Å². The zero-order valence-corrected chi connectivity index (χ0v) is 10.7. The maximum Gasteiger partial charge on any atom is 0.433 e. The molecule has 1 N–H and O–H groups in total. The van der Waals surface area contributed by atoms with Gasteiger partial charge in [0.15, 0.2) is 0 Å². The smallest absolute Gasteiger partial charge is 0.381 e. The van der Waals surface area contributed by atoms with Crippen LogP contribution in [-0.4, -0.2) is 24.2 Å². The molecular formula is C13H17F3N2O. The van der Waals surface area contributed by atoms with Crippen molar-refractivity contribution in [1.82, 2.24) is 4.98 Å². The van der Waals surface area contributed by atoms with Crippen molar-refractivity contribution in [3.63, 3.8) is 0 Å². The summed E-state index contributed by atoms with van der Waals surface area (Å²) in [6.07, 6.45) is 1.06. The lowest BCUT2D eigenvalue weighted by Gasteiger charge is -2.29. The first kappa shape index (κ1) is 14.1. The minimum atomic E-state index is -4.38. The fraction of sp³-hybridized carbons (Fsp3) is 0.615. The summed E-state index contributed by atoms with van der Waals surface area (Å²) in [5, 5.41) is 3.21. The fourth-order valence-corrected chi connectivity index (χ4v) is 2.37. The maximum absolute atomic E-state index is 12.4. The summed E-state index contributed by atoms with van der Waals surface area (Å²) in [5.74, 6) is 0. The summed E-state index contributed by atoms with van der Waals surface area (Å²) in [4.78, 5) is 3.44. The van der Waals surface area contributed by atoms with Crippen LogP contribution in [0.4, 0.5) is 18.9 Å². The second kappa shape index (κ2) is 5.77. The largest absolute Gasteiger partial charge is 0.433 e. The third-order valence-electron chi connectivity index (χ3n) is 3.38. The van der Waals surface area contributed by atoms with Gasteiger partial charge in [-0.2, -0.15) is 13.2 Å². The summed E-state index contributed by atoms with van der Waals surface area (Å²) in [7, 11) is 1.69. The number of anilines is 1. The van der Waals surface area contributed by atoms with Crippen LogP contribution < -0.4 is 5.32 Å². The van der Waals surface area contributed by atoms with Crippen LogP contribution in [0.15, 0.2) is 18.3 Å². The van der Waals surface area contributed by atoms with Gasteiger partial charge in [0.1, 0.15) is 5.69 Å². The Labute approximate surface area is 110 Å². The lowest BCUT2D eigenvalue weighted by atomic mass is 9.93. The van der Waals surface area contributed by atoms with Crippen molar-refractivity contribution in [3.8, 4) is 0 Å². The zero-order valence-electron chi connectivity index (χ0n) is 10.7. The topological polar surface area (TPSA) is 34.1 Å². The maximum atomic E-state index is 12.4. The van der Waals surface area contributed by atoms with E-state index in [9.17, 15) is 13.2 Å². The molecule has 0 aromatic carbocycles. The van der Waals surface area contributed by atoms with E-state index in [2.05, 4.69) is 10.3 Å². The molecule has 2 rings (SSSR count). The highest BCUT2D eigenvalue weighted by atomic mass is 19.4. The van der Waals surface area contributed by atoms with Crippen LogP contribution in [-0.2, 0) is 10.9 Å². The second-order valence-electron chi connectivity index (χ2n) is 4.80. The Kier molecular flexibility index (Phi) is 4.29. The molecule has 0 spiro atoms. The second-order valence-corrected chi connectivity index (χ2v) is 4.80. The van der Waals surface area contributed by atoms with E-state index in [-0.39, 0.29) is 12.1 Å². The van der Waals surface area contributed by atoms with Crippen LogP contribution in [0.5, 0.6) is 0 Å². The van der Waals surface area contributed by atoms with Gasteiger partial charge in [-0.25, -0.2) is 4.98 Å². The number of aromatic nitrogens is 1. The fourth-order valence-electron chi connectivity index (χ4n) is 2.37. The van der Waals surface area contributed by atoms with E-state index in [1.54, 1.807) is 7.11 Å². The van der Waals surface area contributed by atoms with Crippen molar-refractivity contribution in [1.29, 1.82) is 0 Å². The van der Waals surface area contributed by atoms with E-state index in [0.717, 1.165) is 31.7 Å². The van der Waals surface area contributed by atoms with Gasteiger partial charge < -0.3 is 10.1 Å². The van der Waals surface area contributed by atoms with Crippen molar-refractivity contribution in [3.05, 3.63) is 24.0 Å². The lowest BCUT2D eigenvalue weighted by Crippen LogP contribution is -2.31. The molecule has 1 aliphatic carbocycles. The number of rotatable bonds is 3. The predicted octanol–water partition coefficient (Wildman–Crippen LogP) is 3.47. The molecule has 2 unspecified atom stereocenters. The number of halogens is 3. The molecule has 6 heteroatoms. The van der Waals surface area contributed by atoms with Crippen molar-refractivity contribution < 1.29 is 17.9 Å². The standard InChI is InChI=1S/C13H17F3N2O/c1-19-11-4-2-3-9(7-11)18-10-5-6-12(17-8-10)13(14,15)16/h5-6,8-9,11,18H,2-4,7H2,1H3. The third-order valence-corrected chi connectivity index (χ3v) is 3.38. The SMILES string of the molecule is COC1CCCC(Nc2ccc(C(F)(F)F)nc2)C1. The first-order chi connectivity index (χ1) is 8.99. The molecule has 1 aromatic heterocycles. The molecule has 1 aromatic rings. The van der Waals surface area contributed by atoms with E-state index in [1.807, 2.05) is 0 Å². The lowest BCUT2D eigenvalue weighted by molar-refractivity contribution is -0.141. The molecule has 0 saturated heterocycles. The van der Waals surface area contributed by atoms with E-state index >= 15 is 0 Å². The Morgan fingerprint density at radius 3 is 2.68 bits per heavy atom. The molecule has 1 fully saturated rings. The van der Waals surface area contributed by atoms with Gasteiger partial charge >= 0.3 is 6.18 Å². The summed E-state index contributed by atoms with van der Waals surface area (Å²) < 4.78 is 42.4. The minimum absolute atomic E-state index is 0.230. The Morgan fingerprint density at radius 1 is 1.32 bits per heavy atom. The van der Waals surface area contributed by atoms with Gasteiger partial charge in [0.25, 0.3) is 0 Å². The number of pyridine rings is 1. The molecule has 1 aliphatic rings. The molecule has 0 bridgehead atoms. The van der Waals surface area contributed by atoms with Crippen LogP contribution in [0.25, 0.3) is 0 Å². The summed E-state index contributed by atoms with van der Waals surface area (Å²) in [6, 6.07) is 2.66. The molecule has 1 saturated carbocycles.